The SMILES string of the molecule is CC1(CCCN2CCNC2=O)CC1.CC1(CCCNCCNC(=O)OC(C)(C)C)CC1. The molecule has 0 aromatic carbocycles. The van der Waals surface area contributed by atoms with Gasteiger partial charge >= 0.3 is 12.1 Å². The summed E-state index contributed by atoms with van der Waals surface area (Å²) < 4.78 is 5.14. The van der Waals surface area contributed by atoms with Crippen LogP contribution in [-0.2, 0) is 4.74 Å². The quantitative estimate of drug-likeness (QED) is 0.421. The highest BCUT2D eigenvalue weighted by Gasteiger charge is 2.36. The van der Waals surface area contributed by atoms with E-state index in [1.54, 1.807) is 0 Å². The normalized spacial score (nSPS) is 20.4. The number of carbonyl (C=O) groups is 2. The fourth-order valence-electron chi connectivity index (χ4n) is 3.68. The van der Waals surface area contributed by atoms with Crippen molar-refractivity contribution in [3.63, 3.8) is 0 Å². The van der Waals surface area contributed by atoms with Gasteiger partial charge in [0.05, 0.1) is 0 Å². The fraction of sp³-hybridized carbons (Fsp3) is 0.917. The monoisotopic (exact) mass is 438 g/mol. The first-order valence-electron chi connectivity index (χ1n) is 12.2. The third-order valence-corrected chi connectivity index (χ3v) is 6.46. The molecule has 3 fully saturated rings. The molecule has 0 spiro atoms. The second-order valence-electron chi connectivity index (χ2n) is 11.2. The van der Waals surface area contributed by atoms with Crippen LogP contribution in [0.25, 0.3) is 0 Å². The predicted octanol–water partition coefficient (Wildman–Crippen LogP) is 4.27. The molecule has 1 heterocycles. The maximum absolute atomic E-state index is 11.3. The number of ether oxygens (including phenoxy) is 1. The molecule has 0 aromatic rings. The highest BCUT2D eigenvalue weighted by molar-refractivity contribution is 5.76. The van der Waals surface area contributed by atoms with Crippen LogP contribution >= 0.6 is 0 Å². The van der Waals surface area contributed by atoms with Crippen molar-refractivity contribution in [3.8, 4) is 0 Å². The van der Waals surface area contributed by atoms with Crippen LogP contribution in [0.15, 0.2) is 0 Å². The molecule has 1 aliphatic heterocycles. The summed E-state index contributed by atoms with van der Waals surface area (Å²) in [6, 6.07) is 0.126. The lowest BCUT2D eigenvalue weighted by Crippen LogP contribution is -2.36. The number of rotatable bonds is 11. The third-order valence-electron chi connectivity index (χ3n) is 6.46. The molecular formula is C24H46N4O3. The molecular weight excluding hydrogens is 392 g/mol. The number of hydrogen-bond acceptors (Lipinski definition) is 4. The predicted molar refractivity (Wildman–Crippen MR) is 125 cm³/mol. The van der Waals surface area contributed by atoms with Crippen molar-refractivity contribution in [1.82, 2.24) is 20.9 Å². The van der Waals surface area contributed by atoms with Crippen molar-refractivity contribution in [2.75, 3.05) is 39.3 Å². The van der Waals surface area contributed by atoms with E-state index in [-0.39, 0.29) is 12.1 Å². The molecule has 0 aromatic heterocycles. The maximum atomic E-state index is 11.3. The van der Waals surface area contributed by atoms with Crippen molar-refractivity contribution in [1.29, 1.82) is 0 Å². The topological polar surface area (TPSA) is 82.7 Å². The lowest BCUT2D eigenvalue weighted by molar-refractivity contribution is 0.0528. The molecule has 7 nitrogen and oxygen atoms in total. The molecule has 3 aliphatic rings. The Morgan fingerprint density at radius 3 is 2.16 bits per heavy atom. The minimum absolute atomic E-state index is 0.126. The van der Waals surface area contributed by atoms with Crippen molar-refractivity contribution in [3.05, 3.63) is 0 Å². The summed E-state index contributed by atoms with van der Waals surface area (Å²) in [5.41, 5.74) is 0.865. The van der Waals surface area contributed by atoms with E-state index >= 15 is 0 Å². The van der Waals surface area contributed by atoms with E-state index < -0.39 is 5.60 Å². The highest BCUT2D eigenvalue weighted by atomic mass is 16.6. The number of hydrogen-bond donors (Lipinski definition) is 3. The maximum Gasteiger partial charge on any atom is 0.407 e. The smallest absolute Gasteiger partial charge is 0.407 e. The molecule has 2 aliphatic carbocycles. The Bertz CT molecular complexity index is 580. The van der Waals surface area contributed by atoms with E-state index in [1.807, 2.05) is 25.7 Å². The van der Waals surface area contributed by atoms with Crippen molar-refractivity contribution in [2.24, 2.45) is 10.8 Å². The summed E-state index contributed by atoms with van der Waals surface area (Å²) in [7, 11) is 0. The van der Waals surface area contributed by atoms with E-state index in [0.717, 1.165) is 32.7 Å². The van der Waals surface area contributed by atoms with Crippen molar-refractivity contribution in [2.45, 2.75) is 91.6 Å². The molecule has 0 atom stereocenters. The summed E-state index contributed by atoms with van der Waals surface area (Å²) in [5, 5.41) is 8.89. The molecule has 180 valence electrons. The van der Waals surface area contributed by atoms with Crippen LogP contribution < -0.4 is 16.0 Å². The Morgan fingerprint density at radius 1 is 1.03 bits per heavy atom. The summed E-state index contributed by atoms with van der Waals surface area (Å²) in [6.45, 7) is 15.4. The van der Waals surface area contributed by atoms with E-state index in [1.165, 1.54) is 51.4 Å². The highest BCUT2D eigenvalue weighted by Crippen LogP contribution is 2.49. The Morgan fingerprint density at radius 2 is 1.65 bits per heavy atom. The zero-order chi connectivity index (χ0) is 23.0. The number of carbonyl (C=O) groups excluding carboxylic acids is 2. The van der Waals surface area contributed by atoms with E-state index in [9.17, 15) is 9.59 Å². The molecule has 0 radical (unpaired) electrons. The van der Waals surface area contributed by atoms with Crippen molar-refractivity contribution >= 4 is 12.1 Å². The fourth-order valence-corrected chi connectivity index (χ4v) is 3.68. The van der Waals surface area contributed by atoms with Gasteiger partial charge in [-0.25, -0.2) is 9.59 Å². The Labute approximate surface area is 189 Å². The third kappa shape index (κ3) is 11.6. The van der Waals surface area contributed by atoms with Crippen LogP contribution in [0.1, 0.15) is 86.0 Å². The lowest BCUT2D eigenvalue weighted by Gasteiger charge is -2.19. The van der Waals surface area contributed by atoms with Crippen LogP contribution in [0.2, 0.25) is 0 Å². The Hall–Kier alpha value is -1.50. The van der Waals surface area contributed by atoms with Gasteiger partial charge in [0.1, 0.15) is 5.60 Å². The van der Waals surface area contributed by atoms with Crippen LogP contribution in [0.3, 0.4) is 0 Å². The van der Waals surface area contributed by atoms with Gasteiger partial charge in [-0.1, -0.05) is 13.8 Å². The molecule has 0 unspecified atom stereocenters. The summed E-state index contributed by atoms with van der Waals surface area (Å²) in [5.74, 6) is 0. The lowest BCUT2D eigenvalue weighted by atomic mass is 10.0. The van der Waals surface area contributed by atoms with Gasteiger partial charge in [-0.2, -0.15) is 0 Å². The van der Waals surface area contributed by atoms with Gasteiger partial charge in [0, 0.05) is 32.7 Å². The van der Waals surface area contributed by atoms with Crippen LogP contribution in [0, 0.1) is 10.8 Å². The molecule has 2 saturated carbocycles. The standard InChI is InChI=1S/C14H28N2O2.C10H18N2O/c1-13(2,3)18-12(17)16-11-10-15-9-5-6-14(4)7-8-14;1-10(4-5-10)3-2-7-12-8-6-11-9(12)13/h15H,5-11H2,1-4H3,(H,16,17);2-8H2,1H3,(H,11,13). The van der Waals surface area contributed by atoms with Gasteiger partial charge in [-0.15, -0.1) is 0 Å². The first kappa shape index (κ1) is 25.8. The zero-order valence-corrected chi connectivity index (χ0v) is 20.6. The minimum atomic E-state index is -0.419. The van der Waals surface area contributed by atoms with Gasteiger partial charge in [0.25, 0.3) is 0 Å². The van der Waals surface area contributed by atoms with Gasteiger partial charge in [-0.3, -0.25) is 0 Å². The van der Waals surface area contributed by atoms with Crippen LogP contribution in [0.5, 0.6) is 0 Å². The second kappa shape index (κ2) is 11.4. The molecule has 3 amide bonds. The largest absolute Gasteiger partial charge is 0.444 e. The molecule has 3 rings (SSSR count). The van der Waals surface area contributed by atoms with E-state index in [2.05, 4.69) is 29.8 Å². The molecule has 31 heavy (non-hydrogen) atoms. The average Bonchev–Trinajstić information content (AvgIpc) is 3.54. The van der Waals surface area contributed by atoms with Gasteiger partial charge < -0.3 is 25.6 Å². The minimum Gasteiger partial charge on any atom is -0.444 e. The number of amides is 3. The molecule has 7 heteroatoms. The van der Waals surface area contributed by atoms with Gasteiger partial charge in [-0.05, 0) is 89.5 Å². The Balaban J connectivity index is 0.000000231. The van der Waals surface area contributed by atoms with Gasteiger partial charge in [0.15, 0.2) is 0 Å². The molecule has 3 N–H and O–H groups in total. The zero-order valence-electron chi connectivity index (χ0n) is 20.6. The first-order chi connectivity index (χ1) is 14.5. The first-order valence-corrected chi connectivity index (χ1v) is 12.2. The van der Waals surface area contributed by atoms with Crippen LogP contribution in [-0.4, -0.2) is 61.9 Å². The summed E-state index contributed by atoms with van der Waals surface area (Å²) in [6.07, 6.45) is 10.2. The second-order valence-corrected chi connectivity index (χ2v) is 11.2. The molecule has 1 saturated heterocycles. The van der Waals surface area contributed by atoms with Gasteiger partial charge in [0.2, 0.25) is 0 Å². The molecule has 0 bridgehead atoms. The summed E-state index contributed by atoms with van der Waals surface area (Å²) in [4.78, 5) is 24.4. The number of nitrogens with zero attached hydrogens (tertiary/aromatic N) is 1. The van der Waals surface area contributed by atoms with Crippen molar-refractivity contribution < 1.29 is 14.3 Å². The summed E-state index contributed by atoms with van der Waals surface area (Å²) >= 11 is 0. The Kier molecular flexibility index (Phi) is 9.46. The number of nitrogens with one attached hydrogen (secondary N) is 3. The number of alkyl carbamates (subject to hydrolysis) is 1. The van der Waals surface area contributed by atoms with Crippen LogP contribution in [0.4, 0.5) is 9.59 Å². The van der Waals surface area contributed by atoms with E-state index in [0.29, 0.717) is 17.4 Å². The van der Waals surface area contributed by atoms with E-state index in [4.69, 9.17) is 4.74 Å². The number of urea groups is 1. The average molecular weight is 439 g/mol.